The van der Waals surface area contributed by atoms with Crippen LogP contribution in [0.1, 0.15) is 23.1 Å². The van der Waals surface area contributed by atoms with Crippen LogP contribution in [0.15, 0.2) is 54.6 Å². The summed E-state index contributed by atoms with van der Waals surface area (Å²) in [6, 6.07) is 17.3. The maximum absolute atomic E-state index is 12.8. The lowest BCUT2D eigenvalue weighted by Gasteiger charge is -2.22. The topological polar surface area (TPSA) is 63.4 Å². The number of benzene rings is 2. The van der Waals surface area contributed by atoms with Crippen molar-refractivity contribution in [1.29, 1.82) is 0 Å². The third kappa shape index (κ3) is 5.46. The van der Waals surface area contributed by atoms with Crippen molar-refractivity contribution in [1.82, 2.24) is 4.31 Å². The van der Waals surface area contributed by atoms with Gasteiger partial charge in [0.05, 0.1) is 5.75 Å². The van der Waals surface area contributed by atoms with E-state index in [2.05, 4.69) is 0 Å². The highest BCUT2D eigenvalue weighted by atomic mass is 32.2. The van der Waals surface area contributed by atoms with Gasteiger partial charge in [-0.25, -0.2) is 8.42 Å². The van der Waals surface area contributed by atoms with Gasteiger partial charge in [-0.3, -0.25) is 0 Å². The zero-order valence-corrected chi connectivity index (χ0v) is 14.3. The van der Waals surface area contributed by atoms with E-state index in [1.807, 2.05) is 61.5 Å². The second kappa shape index (κ2) is 8.24. The Morgan fingerprint density at radius 1 is 1.00 bits per heavy atom. The second-order valence-corrected chi connectivity index (χ2v) is 7.68. The van der Waals surface area contributed by atoms with E-state index in [0.29, 0.717) is 26.1 Å². The van der Waals surface area contributed by atoms with Gasteiger partial charge >= 0.3 is 0 Å². The molecule has 0 fully saturated rings. The number of hydrogen-bond donors (Lipinski definition) is 1. The largest absolute Gasteiger partial charge is 0.330 e. The van der Waals surface area contributed by atoms with E-state index in [9.17, 15) is 8.42 Å². The molecule has 0 aliphatic rings. The minimum Gasteiger partial charge on any atom is -0.330 e. The lowest BCUT2D eigenvalue weighted by Crippen LogP contribution is -2.33. The van der Waals surface area contributed by atoms with Gasteiger partial charge in [0.2, 0.25) is 10.0 Å². The van der Waals surface area contributed by atoms with Gasteiger partial charge in [0, 0.05) is 13.1 Å². The maximum Gasteiger partial charge on any atom is 0.218 e. The van der Waals surface area contributed by atoms with Crippen molar-refractivity contribution >= 4 is 10.0 Å². The maximum atomic E-state index is 12.8. The van der Waals surface area contributed by atoms with E-state index in [1.54, 1.807) is 0 Å². The van der Waals surface area contributed by atoms with Crippen molar-refractivity contribution in [3.8, 4) is 0 Å². The predicted molar refractivity (Wildman–Crippen MR) is 94.3 cm³/mol. The number of sulfonamides is 1. The minimum absolute atomic E-state index is 0.0199. The second-order valence-electron chi connectivity index (χ2n) is 5.71. The normalized spacial score (nSPS) is 11.8. The first kappa shape index (κ1) is 17.7. The van der Waals surface area contributed by atoms with Crippen LogP contribution in [-0.2, 0) is 22.3 Å². The summed E-state index contributed by atoms with van der Waals surface area (Å²) in [7, 11) is -3.38. The minimum atomic E-state index is -3.38. The van der Waals surface area contributed by atoms with Crippen LogP contribution in [-0.4, -0.2) is 25.8 Å². The highest BCUT2D eigenvalue weighted by Crippen LogP contribution is 2.16. The Balaban J connectivity index is 2.18. The van der Waals surface area contributed by atoms with Crippen LogP contribution in [0.5, 0.6) is 0 Å². The Labute approximate surface area is 139 Å². The van der Waals surface area contributed by atoms with Gasteiger partial charge in [0.15, 0.2) is 0 Å². The smallest absolute Gasteiger partial charge is 0.218 e. The monoisotopic (exact) mass is 332 g/mol. The predicted octanol–water partition coefficient (Wildman–Crippen LogP) is 2.68. The summed E-state index contributed by atoms with van der Waals surface area (Å²) in [6.45, 7) is 3.27. The van der Waals surface area contributed by atoms with Crippen molar-refractivity contribution in [2.45, 2.75) is 25.6 Å². The summed E-state index contributed by atoms with van der Waals surface area (Å²) in [6.07, 6.45) is 0.653. The molecule has 0 spiro atoms. The zero-order valence-electron chi connectivity index (χ0n) is 13.5. The van der Waals surface area contributed by atoms with Crippen molar-refractivity contribution < 1.29 is 8.42 Å². The van der Waals surface area contributed by atoms with Crippen molar-refractivity contribution in [2.75, 3.05) is 13.1 Å². The SMILES string of the molecule is Cc1cccc(CS(=O)(=O)N(CCCN)Cc2ccccc2)c1. The van der Waals surface area contributed by atoms with Crippen molar-refractivity contribution in [3.63, 3.8) is 0 Å². The first-order valence-corrected chi connectivity index (χ1v) is 9.39. The highest BCUT2D eigenvalue weighted by Gasteiger charge is 2.22. The molecule has 5 heteroatoms. The molecule has 2 N–H and O–H groups in total. The summed E-state index contributed by atoms with van der Waals surface area (Å²) < 4.78 is 27.2. The summed E-state index contributed by atoms with van der Waals surface area (Å²) in [5.41, 5.74) is 8.43. The summed E-state index contributed by atoms with van der Waals surface area (Å²) in [4.78, 5) is 0. The Kier molecular flexibility index (Phi) is 6.33. The number of nitrogens with two attached hydrogens (primary N) is 1. The number of nitrogens with zero attached hydrogens (tertiary/aromatic N) is 1. The van der Waals surface area contributed by atoms with Crippen LogP contribution in [0.2, 0.25) is 0 Å². The molecule has 2 aromatic rings. The fourth-order valence-corrected chi connectivity index (χ4v) is 4.01. The lowest BCUT2D eigenvalue weighted by molar-refractivity contribution is 0.401. The fraction of sp³-hybridized carbons (Fsp3) is 0.333. The first-order valence-electron chi connectivity index (χ1n) is 7.78. The van der Waals surface area contributed by atoms with Crippen LogP contribution in [0.25, 0.3) is 0 Å². The van der Waals surface area contributed by atoms with E-state index in [4.69, 9.17) is 5.73 Å². The van der Waals surface area contributed by atoms with Crippen molar-refractivity contribution in [3.05, 3.63) is 71.3 Å². The summed E-state index contributed by atoms with van der Waals surface area (Å²) in [5.74, 6) is 0.0199. The van der Waals surface area contributed by atoms with Crippen LogP contribution in [0, 0.1) is 6.92 Å². The molecule has 0 atom stereocenters. The molecular formula is C18H24N2O2S. The molecule has 4 nitrogen and oxygen atoms in total. The molecule has 0 aliphatic carbocycles. The Hall–Kier alpha value is -1.69. The summed E-state index contributed by atoms with van der Waals surface area (Å²) >= 11 is 0. The number of rotatable bonds is 8. The van der Waals surface area contributed by atoms with Gasteiger partial charge < -0.3 is 5.73 Å². The molecule has 2 aromatic carbocycles. The van der Waals surface area contributed by atoms with Gasteiger partial charge in [-0.2, -0.15) is 4.31 Å². The van der Waals surface area contributed by atoms with E-state index in [-0.39, 0.29) is 5.75 Å². The number of hydrogen-bond acceptors (Lipinski definition) is 3. The van der Waals surface area contributed by atoms with Crippen molar-refractivity contribution in [2.24, 2.45) is 5.73 Å². The van der Waals surface area contributed by atoms with Gasteiger partial charge in [0.1, 0.15) is 0 Å². The van der Waals surface area contributed by atoms with Crippen LogP contribution >= 0.6 is 0 Å². The number of aryl methyl sites for hydroxylation is 1. The highest BCUT2D eigenvalue weighted by molar-refractivity contribution is 7.88. The van der Waals surface area contributed by atoms with E-state index >= 15 is 0 Å². The van der Waals surface area contributed by atoms with E-state index in [1.165, 1.54) is 4.31 Å². The average Bonchev–Trinajstić information content (AvgIpc) is 2.52. The van der Waals surface area contributed by atoms with Crippen LogP contribution < -0.4 is 5.73 Å². The molecule has 0 saturated carbocycles. The Morgan fingerprint density at radius 2 is 1.70 bits per heavy atom. The molecule has 124 valence electrons. The Morgan fingerprint density at radius 3 is 2.35 bits per heavy atom. The van der Waals surface area contributed by atoms with E-state index < -0.39 is 10.0 Å². The Bertz CT molecular complexity index is 715. The van der Waals surface area contributed by atoms with Crippen LogP contribution in [0.4, 0.5) is 0 Å². The molecule has 0 saturated heterocycles. The molecule has 0 heterocycles. The molecular weight excluding hydrogens is 308 g/mol. The van der Waals surface area contributed by atoms with Gasteiger partial charge in [0.25, 0.3) is 0 Å². The molecule has 0 unspecified atom stereocenters. The van der Waals surface area contributed by atoms with Crippen LogP contribution in [0.3, 0.4) is 0 Å². The zero-order chi connectivity index (χ0) is 16.7. The molecule has 0 amide bonds. The molecule has 0 aliphatic heterocycles. The fourth-order valence-electron chi connectivity index (χ4n) is 2.48. The molecule has 23 heavy (non-hydrogen) atoms. The van der Waals surface area contributed by atoms with Gasteiger partial charge in [-0.1, -0.05) is 60.2 Å². The average molecular weight is 332 g/mol. The lowest BCUT2D eigenvalue weighted by atomic mass is 10.2. The summed E-state index contributed by atoms with van der Waals surface area (Å²) in [5, 5.41) is 0. The molecule has 2 rings (SSSR count). The van der Waals surface area contributed by atoms with E-state index in [0.717, 1.165) is 16.7 Å². The first-order chi connectivity index (χ1) is 11.0. The molecule has 0 aromatic heterocycles. The third-order valence-electron chi connectivity index (χ3n) is 3.64. The quantitative estimate of drug-likeness (QED) is 0.808. The molecule has 0 bridgehead atoms. The van der Waals surface area contributed by atoms with Gasteiger partial charge in [-0.15, -0.1) is 0 Å². The van der Waals surface area contributed by atoms with Gasteiger partial charge in [-0.05, 0) is 31.0 Å². The molecule has 0 radical (unpaired) electrons. The third-order valence-corrected chi connectivity index (χ3v) is 5.43. The standard InChI is InChI=1S/C18H24N2O2S/c1-16-7-5-10-18(13-16)15-23(21,22)20(12-6-11-19)14-17-8-3-2-4-9-17/h2-5,7-10,13H,6,11-12,14-15,19H2,1H3.